The van der Waals surface area contributed by atoms with Gasteiger partial charge in [-0.15, -0.1) is 0 Å². The van der Waals surface area contributed by atoms with Gasteiger partial charge in [0.1, 0.15) is 5.78 Å². The molecule has 0 aliphatic carbocycles. The minimum Gasteiger partial charge on any atom is -0.341 e. The van der Waals surface area contributed by atoms with Crippen LogP contribution in [0, 0.1) is 6.92 Å². The van der Waals surface area contributed by atoms with E-state index < -0.39 is 0 Å². The highest BCUT2D eigenvalue weighted by atomic mass is 79.9. The molecule has 0 N–H and O–H groups in total. The van der Waals surface area contributed by atoms with E-state index in [4.69, 9.17) is 0 Å². The van der Waals surface area contributed by atoms with Crippen molar-refractivity contribution < 1.29 is 9.59 Å². The molecule has 1 aromatic carbocycles. The van der Waals surface area contributed by atoms with Gasteiger partial charge in [0.2, 0.25) is 5.91 Å². The topological polar surface area (TPSA) is 37.4 Å². The van der Waals surface area contributed by atoms with Gasteiger partial charge in [0.15, 0.2) is 0 Å². The number of ketones is 1. The Morgan fingerprint density at radius 2 is 1.94 bits per heavy atom. The molecule has 1 rings (SSSR count). The average molecular weight is 312 g/mol. The fraction of sp³-hybridized carbons (Fsp3) is 0.429. The van der Waals surface area contributed by atoms with Crippen LogP contribution in [0.15, 0.2) is 22.7 Å². The molecule has 0 fully saturated rings. The predicted octanol–water partition coefficient (Wildman–Crippen LogP) is 3.09. The van der Waals surface area contributed by atoms with Gasteiger partial charge < -0.3 is 9.69 Å². The van der Waals surface area contributed by atoms with E-state index >= 15 is 0 Å². The highest BCUT2D eigenvalue weighted by Crippen LogP contribution is 2.17. The average Bonchev–Trinajstić information content (AvgIpc) is 2.30. The summed E-state index contributed by atoms with van der Waals surface area (Å²) in [6, 6.07) is 6.02. The van der Waals surface area contributed by atoms with Gasteiger partial charge in [-0.1, -0.05) is 22.0 Å². The number of hydrogen-bond acceptors (Lipinski definition) is 2. The Morgan fingerprint density at radius 3 is 2.56 bits per heavy atom. The van der Waals surface area contributed by atoms with Crippen LogP contribution < -0.4 is 0 Å². The number of aryl methyl sites for hydroxylation is 1. The molecular weight excluding hydrogens is 294 g/mol. The molecule has 0 bridgehead atoms. The van der Waals surface area contributed by atoms with Crippen LogP contribution in [-0.2, 0) is 16.1 Å². The molecule has 4 heteroatoms. The van der Waals surface area contributed by atoms with Gasteiger partial charge in [-0.05, 0) is 37.1 Å². The van der Waals surface area contributed by atoms with E-state index in [9.17, 15) is 9.59 Å². The lowest BCUT2D eigenvalue weighted by Gasteiger charge is -2.18. The number of amides is 1. The lowest BCUT2D eigenvalue weighted by Crippen LogP contribution is -2.26. The zero-order valence-electron chi connectivity index (χ0n) is 11.0. The molecule has 1 amide bonds. The van der Waals surface area contributed by atoms with Crippen molar-refractivity contribution in [3.63, 3.8) is 0 Å². The lowest BCUT2D eigenvalue weighted by atomic mass is 10.1. The molecule has 0 spiro atoms. The molecule has 0 radical (unpaired) electrons. The summed E-state index contributed by atoms with van der Waals surface area (Å²) in [5.74, 6) is 0.0555. The van der Waals surface area contributed by atoms with Crippen molar-refractivity contribution in [2.75, 3.05) is 7.05 Å². The van der Waals surface area contributed by atoms with Crippen molar-refractivity contribution in [1.29, 1.82) is 0 Å². The quantitative estimate of drug-likeness (QED) is 0.838. The number of benzene rings is 1. The van der Waals surface area contributed by atoms with Gasteiger partial charge in [0.05, 0.1) is 0 Å². The van der Waals surface area contributed by atoms with Crippen LogP contribution in [-0.4, -0.2) is 23.6 Å². The number of carbonyl (C=O) groups excluding carboxylic acids is 2. The largest absolute Gasteiger partial charge is 0.341 e. The van der Waals surface area contributed by atoms with Gasteiger partial charge in [-0.3, -0.25) is 4.79 Å². The van der Waals surface area contributed by atoms with Crippen LogP contribution in [0.25, 0.3) is 0 Å². The van der Waals surface area contributed by atoms with Gasteiger partial charge in [-0.2, -0.15) is 0 Å². The summed E-state index contributed by atoms with van der Waals surface area (Å²) in [5, 5.41) is 0. The fourth-order valence-electron chi connectivity index (χ4n) is 1.63. The summed E-state index contributed by atoms with van der Waals surface area (Å²) >= 11 is 3.42. The SMILES string of the molecule is CC(=O)CCC(=O)N(C)Cc1cc(Br)ccc1C. The van der Waals surface area contributed by atoms with Gasteiger partial charge >= 0.3 is 0 Å². The molecule has 1 aromatic rings. The van der Waals surface area contributed by atoms with Gasteiger partial charge in [0.25, 0.3) is 0 Å². The highest BCUT2D eigenvalue weighted by molar-refractivity contribution is 9.10. The second-order valence-electron chi connectivity index (χ2n) is 4.52. The summed E-state index contributed by atoms with van der Waals surface area (Å²) in [7, 11) is 1.77. The summed E-state index contributed by atoms with van der Waals surface area (Å²) < 4.78 is 1.01. The minimum atomic E-state index is 0.00424. The zero-order valence-corrected chi connectivity index (χ0v) is 12.6. The molecule has 0 saturated heterocycles. The van der Waals surface area contributed by atoms with E-state index in [-0.39, 0.29) is 11.7 Å². The van der Waals surface area contributed by atoms with Crippen molar-refractivity contribution in [2.45, 2.75) is 33.2 Å². The predicted molar refractivity (Wildman–Crippen MR) is 75.3 cm³/mol. The molecular formula is C14H18BrNO2. The Balaban J connectivity index is 2.63. The maximum atomic E-state index is 11.8. The molecule has 0 unspecified atom stereocenters. The molecule has 18 heavy (non-hydrogen) atoms. The van der Waals surface area contributed by atoms with E-state index in [0.717, 1.165) is 15.6 Å². The van der Waals surface area contributed by atoms with E-state index in [0.29, 0.717) is 19.4 Å². The monoisotopic (exact) mass is 311 g/mol. The fourth-order valence-corrected chi connectivity index (χ4v) is 2.04. The minimum absolute atomic E-state index is 0.00424. The standard InChI is InChI=1S/C14H18BrNO2/c1-10-4-6-13(15)8-12(10)9-16(3)14(18)7-5-11(2)17/h4,6,8H,5,7,9H2,1-3H3. The van der Waals surface area contributed by atoms with Crippen LogP contribution in [0.2, 0.25) is 0 Å². The lowest BCUT2D eigenvalue weighted by molar-refractivity contribution is -0.132. The Labute approximate surface area is 116 Å². The molecule has 3 nitrogen and oxygen atoms in total. The maximum Gasteiger partial charge on any atom is 0.223 e. The third-order valence-corrected chi connectivity index (χ3v) is 3.33. The Morgan fingerprint density at radius 1 is 1.28 bits per heavy atom. The number of halogens is 1. The Bertz CT molecular complexity index is 457. The molecule has 0 aliphatic rings. The van der Waals surface area contributed by atoms with Gasteiger partial charge in [-0.25, -0.2) is 0 Å². The van der Waals surface area contributed by atoms with Crippen molar-refractivity contribution in [1.82, 2.24) is 4.90 Å². The maximum absolute atomic E-state index is 11.8. The zero-order chi connectivity index (χ0) is 13.7. The third kappa shape index (κ3) is 4.61. The Hall–Kier alpha value is -1.16. The second kappa shape index (κ2) is 6.69. The van der Waals surface area contributed by atoms with Gasteiger partial charge in [0, 0.05) is 30.9 Å². The normalized spacial score (nSPS) is 10.2. The first-order valence-electron chi connectivity index (χ1n) is 5.88. The first-order chi connectivity index (χ1) is 8.40. The number of hydrogen-bond donors (Lipinski definition) is 0. The van der Waals surface area contributed by atoms with Crippen molar-refractivity contribution in [2.24, 2.45) is 0 Å². The molecule has 0 saturated carbocycles. The molecule has 0 aromatic heterocycles. The summed E-state index contributed by atoms with van der Waals surface area (Å²) in [6.45, 7) is 4.10. The van der Waals surface area contributed by atoms with Crippen LogP contribution in [0.4, 0.5) is 0 Å². The van der Waals surface area contributed by atoms with E-state index in [2.05, 4.69) is 15.9 Å². The number of rotatable bonds is 5. The second-order valence-corrected chi connectivity index (χ2v) is 5.44. The first-order valence-corrected chi connectivity index (χ1v) is 6.68. The number of carbonyl (C=O) groups is 2. The highest BCUT2D eigenvalue weighted by Gasteiger charge is 2.11. The number of Topliss-reactive ketones (excluding diaryl/α,β-unsaturated/α-hetero) is 1. The molecule has 0 atom stereocenters. The first kappa shape index (κ1) is 14.9. The summed E-state index contributed by atoms with van der Waals surface area (Å²) in [5.41, 5.74) is 2.27. The van der Waals surface area contributed by atoms with Crippen molar-refractivity contribution in [3.8, 4) is 0 Å². The molecule has 0 aliphatic heterocycles. The van der Waals surface area contributed by atoms with E-state index in [1.165, 1.54) is 6.92 Å². The van der Waals surface area contributed by atoms with Crippen molar-refractivity contribution in [3.05, 3.63) is 33.8 Å². The summed E-state index contributed by atoms with van der Waals surface area (Å²) in [4.78, 5) is 24.3. The van der Waals surface area contributed by atoms with Crippen LogP contribution in [0.5, 0.6) is 0 Å². The van der Waals surface area contributed by atoms with Crippen LogP contribution in [0.3, 0.4) is 0 Å². The smallest absolute Gasteiger partial charge is 0.223 e. The van der Waals surface area contributed by atoms with E-state index in [1.807, 2.05) is 25.1 Å². The van der Waals surface area contributed by atoms with Crippen LogP contribution >= 0.6 is 15.9 Å². The van der Waals surface area contributed by atoms with E-state index in [1.54, 1.807) is 11.9 Å². The third-order valence-electron chi connectivity index (χ3n) is 2.84. The number of nitrogens with zero attached hydrogens (tertiary/aromatic N) is 1. The van der Waals surface area contributed by atoms with Crippen LogP contribution in [0.1, 0.15) is 30.9 Å². The molecule has 0 heterocycles. The Kier molecular flexibility index (Phi) is 5.54. The summed E-state index contributed by atoms with van der Waals surface area (Å²) in [6.07, 6.45) is 0.611. The molecule has 98 valence electrons. The van der Waals surface area contributed by atoms with Crippen molar-refractivity contribution >= 4 is 27.6 Å².